The first kappa shape index (κ1) is 26.5. The minimum atomic E-state index is -4.08. The molecule has 0 saturated carbocycles. The average Bonchev–Trinajstić information content (AvgIpc) is 2.82. The maximum atomic E-state index is 12.3. The monoisotopic (exact) mass is 489 g/mol. The van der Waals surface area contributed by atoms with Crippen LogP contribution in [0.3, 0.4) is 0 Å². The zero-order chi connectivity index (χ0) is 25.1. The standard InChI is InChI=1S/C22H27N5O6S/c1-2-24-20(23)15-8-10-16(11-9-15)21(29)25-13-12-19(28)26-14-18(22(30)31)27-34(32,33)17-6-4-3-5-7-17/h3-11,18,27H,2,12-14H2,1H3,(H2,23,24)(H,25,29)(H,26,28)(H,30,31)/t18-/m0/s1. The molecular weight excluding hydrogens is 462 g/mol. The molecule has 0 spiro atoms. The summed E-state index contributed by atoms with van der Waals surface area (Å²) in [5, 5.41) is 24.9. The number of hydrogen-bond donors (Lipinski definition) is 6. The number of sulfonamides is 1. The summed E-state index contributed by atoms with van der Waals surface area (Å²) in [6.07, 6.45) is -0.132. The molecule has 2 aromatic carbocycles. The number of hydrogen-bond acceptors (Lipinski definition) is 6. The molecule has 6 N–H and O–H groups in total. The van der Waals surface area contributed by atoms with Gasteiger partial charge in [-0.05, 0) is 31.2 Å². The lowest BCUT2D eigenvalue weighted by atomic mass is 10.1. The van der Waals surface area contributed by atoms with Gasteiger partial charge in [-0.1, -0.05) is 30.3 Å². The molecule has 0 unspecified atom stereocenters. The van der Waals surface area contributed by atoms with Crippen LogP contribution in [0.5, 0.6) is 0 Å². The van der Waals surface area contributed by atoms with Crippen LogP contribution in [0.2, 0.25) is 0 Å². The van der Waals surface area contributed by atoms with E-state index in [4.69, 9.17) is 5.41 Å². The SMILES string of the molecule is CCNC(=N)c1ccc(C(=O)NCCC(=O)NC[C@H](NS(=O)(=O)c2ccccc2)C(=O)O)cc1. The van der Waals surface area contributed by atoms with Gasteiger partial charge in [0.15, 0.2) is 0 Å². The lowest BCUT2D eigenvalue weighted by Crippen LogP contribution is -2.48. The molecule has 0 fully saturated rings. The Bertz CT molecular complexity index is 1120. The van der Waals surface area contributed by atoms with Crippen LogP contribution in [0.25, 0.3) is 0 Å². The van der Waals surface area contributed by atoms with Crippen LogP contribution in [0.15, 0.2) is 59.5 Å². The number of nitrogens with one attached hydrogen (secondary N) is 5. The van der Waals surface area contributed by atoms with Gasteiger partial charge in [0, 0.05) is 37.2 Å². The summed E-state index contributed by atoms with van der Waals surface area (Å²) >= 11 is 0. The maximum absolute atomic E-state index is 12.3. The first-order valence-corrected chi connectivity index (χ1v) is 11.9. The van der Waals surface area contributed by atoms with Crippen molar-refractivity contribution in [1.29, 1.82) is 5.41 Å². The van der Waals surface area contributed by atoms with E-state index in [-0.39, 0.29) is 23.7 Å². The van der Waals surface area contributed by atoms with E-state index in [0.29, 0.717) is 17.7 Å². The molecule has 2 aromatic rings. The zero-order valence-corrected chi connectivity index (χ0v) is 19.3. The summed E-state index contributed by atoms with van der Waals surface area (Å²) in [7, 11) is -4.08. The zero-order valence-electron chi connectivity index (χ0n) is 18.5. The van der Waals surface area contributed by atoms with E-state index < -0.39 is 40.4 Å². The first-order chi connectivity index (χ1) is 16.1. The molecule has 0 radical (unpaired) electrons. The molecule has 0 aromatic heterocycles. The Morgan fingerprint density at radius 3 is 2.15 bits per heavy atom. The van der Waals surface area contributed by atoms with Gasteiger partial charge in [-0.3, -0.25) is 19.8 Å². The lowest BCUT2D eigenvalue weighted by molar-refractivity contribution is -0.138. The number of carbonyl (C=O) groups is 3. The summed E-state index contributed by atoms with van der Waals surface area (Å²) < 4.78 is 26.7. The van der Waals surface area contributed by atoms with Gasteiger partial charge in [-0.2, -0.15) is 4.72 Å². The molecule has 0 bridgehead atoms. The Morgan fingerprint density at radius 2 is 1.56 bits per heavy atom. The second-order valence-electron chi connectivity index (χ2n) is 7.12. The molecule has 1 atom stereocenters. The van der Waals surface area contributed by atoms with Crippen LogP contribution in [0, 0.1) is 5.41 Å². The third kappa shape index (κ3) is 7.98. The number of carbonyl (C=O) groups excluding carboxylic acids is 2. The Morgan fingerprint density at radius 1 is 0.941 bits per heavy atom. The number of carboxylic acid groups (broad SMARTS) is 1. The largest absolute Gasteiger partial charge is 0.480 e. The summed E-state index contributed by atoms with van der Waals surface area (Å²) in [6, 6.07) is 12.1. The van der Waals surface area contributed by atoms with E-state index in [2.05, 4.69) is 16.0 Å². The van der Waals surface area contributed by atoms with Crippen molar-refractivity contribution in [1.82, 2.24) is 20.7 Å². The molecule has 2 amide bonds. The summed E-state index contributed by atoms with van der Waals surface area (Å²) in [6.45, 7) is 2.01. The van der Waals surface area contributed by atoms with Crippen molar-refractivity contribution in [3.05, 3.63) is 65.7 Å². The van der Waals surface area contributed by atoms with Gasteiger partial charge in [-0.15, -0.1) is 0 Å². The molecule has 2 rings (SSSR count). The maximum Gasteiger partial charge on any atom is 0.323 e. The predicted octanol–water partition coefficient (Wildman–Crippen LogP) is 0.289. The quantitative estimate of drug-likeness (QED) is 0.183. The normalized spacial score (nSPS) is 11.8. The van der Waals surface area contributed by atoms with Gasteiger partial charge < -0.3 is 21.1 Å². The molecule has 182 valence electrons. The minimum Gasteiger partial charge on any atom is -0.480 e. The number of rotatable bonds is 12. The average molecular weight is 490 g/mol. The molecule has 0 saturated heterocycles. The van der Waals surface area contributed by atoms with Crippen molar-refractivity contribution in [2.45, 2.75) is 24.3 Å². The fourth-order valence-corrected chi connectivity index (χ4v) is 4.01. The van der Waals surface area contributed by atoms with Crippen LogP contribution in [0.1, 0.15) is 29.3 Å². The number of aliphatic carboxylic acids is 1. The molecule has 12 heteroatoms. The van der Waals surface area contributed by atoms with E-state index in [1.807, 2.05) is 11.6 Å². The van der Waals surface area contributed by atoms with Gasteiger partial charge in [0.05, 0.1) is 4.90 Å². The van der Waals surface area contributed by atoms with Crippen LogP contribution < -0.4 is 20.7 Å². The highest BCUT2D eigenvalue weighted by Gasteiger charge is 2.25. The molecular formula is C22H27N5O6S. The van der Waals surface area contributed by atoms with Gasteiger partial charge in [0.2, 0.25) is 15.9 Å². The number of benzene rings is 2. The van der Waals surface area contributed by atoms with E-state index >= 15 is 0 Å². The molecule has 0 heterocycles. The minimum absolute atomic E-state index is 0.00684. The first-order valence-electron chi connectivity index (χ1n) is 10.4. The molecule has 0 aliphatic carbocycles. The van der Waals surface area contributed by atoms with Crippen molar-refractivity contribution in [3.8, 4) is 0 Å². The highest BCUT2D eigenvalue weighted by atomic mass is 32.2. The van der Waals surface area contributed by atoms with Crippen molar-refractivity contribution < 1.29 is 27.9 Å². The molecule has 34 heavy (non-hydrogen) atoms. The van der Waals surface area contributed by atoms with E-state index in [0.717, 1.165) is 0 Å². The highest BCUT2D eigenvalue weighted by Crippen LogP contribution is 2.08. The van der Waals surface area contributed by atoms with E-state index in [1.54, 1.807) is 30.3 Å². The second kappa shape index (κ2) is 12.5. The third-order valence-electron chi connectivity index (χ3n) is 4.58. The van der Waals surface area contributed by atoms with Gasteiger partial charge in [0.25, 0.3) is 5.91 Å². The van der Waals surface area contributed by atoms with E-state index in [1.165, 1.54) is 24.3 Å². The Balaban J connectivity index is 1.81. The molecule has 0 aliphatic heterocycles. The highest BCUT2D eigenvalue weighted by molar-refractivity contribution is 7.89. The fourth-order valence-electron chi connectivity index (χ4n) is 2.80. The van der Waals surface area contributed by atoms with Crippen LogP contribution in [-0.4, -0.2) is 62.8 Å². The Kier molecular flexibility index (Phi) is 9.71. The van der Waals surface area contributed by atoms with Gasteiger partial charge >= 0.3 is 5.97 Å². The molecule has 11 nitrogen and oxygen atoms in total. The smallest absolute Gasteiger partial charge is 0.323 e. The topological polar surface area (TPSA) is 178 Å². The van der Waals surface area contributed by atoms with Crippen LogP contribution in [-0.2, 0) is 19.6 Å². The van der Waals surface area contributed by atoms with E-state index in [9.17, 15) is 27.9 Å². The predicted molar refractivity (Wildman–Crippen MR) is 125 cm³/mol. The van der Waals surface area contributed by atoms with Gasteiger partial charge in [0.1, 0.15) is 11.9 Å². The lowest BCUT2D eigenvalue weighted by Gasteiger charge is -2.15. The Labute approximate surface area is 197 Å². The number of carboxylic acids is 1. The number of amidine groups is 1. The summed E-state index contributed by atoms with van der Waals surface area (Å²) in [5.74, 6) is -2.16. The molecule has 0 aliphatic rings. The fraction of sp³-hybridized carbons (Fsp3) is 0.273. The van der Waals surface area contributed by atoms with Crippen molar-refractivity contribution >= 4 is 33.6 Å². The summed E-state index contributed by atoms with van der Waals surface area (Å²) in [5.41, 5.74) is 0.989. The van der Waals surface area contributed by atoms with Crippen molar-refractivity contribution in [2.75, 3.05) is 19.6 Å². The van der Waals surface area contributed by atoms with Crippen LogP contribution in [0.4, 0.5) is 0 Å². The van der Waals surface area contributed by atoms with Crippen molar-refractivity contribution in [3.63, 3.8) is 0 Å². The number of amides is 2. The van der Waals surface area contributed by atoms with Crippen LogP contribution >= 0.6 is 0 Å². The third-order valence-corrected chi connectivity index (χ3v) is 6.07. The summed E-state index contributed by atoms with van der Waals surface area (Å²) in [4.78, 5) is 35.6. The van der Waals surface area contributed by atoms with Gasteiger partial charge in [-0.25, -0.2) is 8.42 Å². The Hall–Kier alpha value is -3.77. The van der Waals surface area contributed by atoms with Crippen molar-refractivity contribution in [2.24, 2.45) is 0 Å². The second-order valence-corrected chi connectivity index (χ2v) is 8.83.